The van der Waals surface area contributed by atoms with Crippen LogP contribution in [0.5, 0.6) is 5.75 Å². The van der Waals surface area contributed by atoms with Gasteiger partial charge in [-0.05, 0) is 57.2 Å². The summed E-state index contributed by atoms with van der Waals surface area (Å²) < 4.78 is 32.3. The Hall–Kier alpha value is -3.07. The summed E-state index contributed by atoms with van der Waals surface area (Å²) in [5, 5.41) is 3.15. The molecule has 0 aromatic heterocycles. The molecule has 2 amide bonds. The highest BCUT2D eigenvalue weighted by Crippen LogP contribution is 2.30. The lowest BCUT2D eigenvalue weighted by Gasteiger charge is -2.31. The second-order valence-electron chi connectivity index (χ2n) is 10.2. The van der Waals surface area contributed by atoms with E-state index >= 15 is 0 Å². The van der Waals surface area contributed by atoms with E-state index in [1.54, 1.807) is 36.1 Å². The van der Waals surface area contributed by atoms with Crippen molar-refractivity contribution in [2.45, 2.75) is 77.3 Å². The number of hydrogen-bond acceptors (Lipinski definition) is 5. The molecule has 1 saturated carbocycles. The Morgan fingerprint density at radius 3 is 2.33 bits per heavy atom. The van der Waals surface area contributed by atoms with Crippen molar-refractivity contribution < 1.29 is 22.7 Å². The van der Waals surface area contributed by atoms with Gasteiger partial charge in [-0.2, -0.15) is 0 Å². The number of anilines is 1. The van der Waals surface area contributed by atoms with Crippen LogP contribution in [-0.4, -0.2) is 63.2 Å². The number of para-hydroxylation sites is 2. The standard InChI is InChI=1S/C30H43N3O5S/c1-4-38-28-19-12-11-18-27(28)33(39(3,36)37)22-13-20-29(34)32(23-21-25-14-7-5-8-15-25)24(2)30(35)31-26-16-9-6-10-17-26/h5,7-8,11-12,14-15,18-19,24,26H,4,6,9-10,13,16-17,20-23H2,1-3H3,(H,31,35)/t24-/m1/s1. The van der Waals surface area contributed by atoms with E-state index in [2.05, 4.69) is 5.32 Å². The molecule has 3 rings (SSSR count). The summed E-state index contributed by atoms with van der Waals surface area (Å²) in [6, 6.07) is 16.4. The first-order valence-corrected chi connectivity index (χ1v) is 15.9. The fourth-order valence-electron chi connectivity index (χ4n) is 5.06. The summed E-state index contributed by atoms with van der Waals surface area (Å²) in [6.07, 6.45) is 7.58. The maximum atomic E-state index is 13.5. The topological polar surface area (TPSA) is 96.0 Å². The fourth-order valence-corrected chi connectivity index (χ4v) is 6.03. The van der Waals surface area contributed by atoms with Crippen molar-refractivity contribution in [2.24, 2.45) is 0 Å². The monoisotopic (exact) mass is 557 g/mol. The van der Waals surface area contributed by atoms with Crippen LogP contribution >= 0.6 is 0 Å². The van der Waals surface area contributed by atoms with Crippen LogP contribution in [0.1, 0.15) is 64.4 Å². The predicted octanol–water partition coefficient (Wildman–Crippen LogP) is 4.54. The van der Waals surface area contributed by atoms with E-state index in [0.29, 0.717) is 37.4 Å². The van der Waals surface area contributed by atoms with Gasteiger partial charge in [-0.25, -0.2) is 8.42 Å². The number of nitrogens with one attached hydrogen (secondary N) is 1. The predicted molar refractivity (Wildman–Crippen MR) is 155 cm³/mol. The molecule has 39 heavy (non-hydrogen) atoms. The average molecular weight is 558 g/mol. The molecule has 8 nitrogen and oxygen atoms in total. The van der Waals surface area contributed by atoms with Crippen molar-refractivity contribution in [1.82, 2.24) is 10.2 Å². The first-order chi connectivity index (χ1) is 18.7. The zero-order valence-electron chi connectivity index (χ0n) is 23.5. The van der Waals surface area contributed by atoms with Gasteiger partial charge >= 0.3 is 0 Å². The lowest BCUT2D eigenvalue weighted by molar-refractivity contribution is -0.140. The van der Waals surface area contributed by atoms with E-state index in [9.17, 15) is 18.0 Å². The number of carbonyl (C=O) groups excluding carboxylic acids is 2. The minimum absolute atomic E-state index is 0.124. The number of benzene rings is 2. The Bertz CT molecular complexity index is 1170. The lowest BCUT2D eigenvalue weighted by Crippen LogP contribution is -2.51. The van der Waals surface area contributed by atoms with Crippen LogP contribution in [0.4, 0.5) is 5.69 Å². The molecule has 2 aromatic carbocycles. The minimum Gasteiger partial charge on any atom is -0.492 e. The summed E-state index contributed by atoms with van der Waals surface area (Å²) >= 11 is 0. The Morgan fingerprint density at radius 1 is 1.00 bits per heavy atom. The van der Waals surface area contributed by atoms with Crippen LogP contribution < -0.4 is 14.4 Å². The number of rotatable bonds is 14. The van der Waals surface area contributed by atoms with Gasteiger partial charge in [0.25, 0.3) is 0 Å². The van der Waals surface area contributed by atoms with Crippen LogP contribution in [0.3, 0.4) is 0 Å². The van der Waals surface area contributed by atoms with Gasteiger partial charge in [-0.1, -0.05) is 61.7 Å². The van der Waals surface area contributed by atoms with Crippen molar-refractivity contribution in [2.75, 3.05) is 30.3 Å². The third-order valence-electron chi connectivity index (χ3n) is 7.19. The molecular weight excluding hydrogens is 514 g/mol. The smallest absolute Gasteiger partial charge is 0.242 e. The van der Waals surface area contributed by atoms with Gasteiger partial charge in [0.05, 0.1) is 18.6 Å². The van der Waals surface area contributed by atoms with Crippen molar-refractivity contribution >= 4 is 27.5 Å². The zero-order chi connectivity index (χ0) is 28.3. The number of amides is 2. The van der Waals surface area contributed by atoms with Crippen LogP contribution in [0.15, 0.2) is 54.6 Å². The van der Waals surface area contributed by atoms with Crippen molar-refractivity contribution in [3.05, 3.63) is 60.2 Å². The summed E-state index contributed by atoms with van der Waals surface area (Å²) in [4.78, 5) is 28.3. The molecule has 1 fully saturated rings. The molecule has 0 unspecified atom stereocenters. The summed E-state index contributed by atoms with van der Waals surface area (Å²) in [6.45, 7) is 4.57. The molecule has 0 bridgehead atoms. The number of carbonyl (C=O) groups is 2. The molecular formula is C30H43N3O5S. The number of ether oxygens (including phenoxy) is 1. The highest BCUT2D eigenvalue weighted by molar-refractivity contribution is 7.92. The second kappa shape index (κ2) is 14.9. The highest BCUT2D eigenvalue weighted by Gasteiger charge is 2.28. The molecule has 0 spiro atoms. The van der Waals surface area contributed by atoms with Gasteiger partial charge in [0, 0.05) is 25.6 Å². The van der Waals surface area contributed by atoms with Crippen LogP contribution in [0.2, 0.25) is 0 Å². The minimum atomic E-state index is -3.61. The largest absolute Gasteiger partial charge is 0.492 e. The van der Waals surface area contributed by atoms with Gasteiger partial charge < -0.3 is 15.0 Å². The summed E-state index contributed by atoms with van der Waals surface area (Å²) in [7, 11) is -3.61. The Labute approximate surface area is 233 Å². The molecule has 0 radical (unpaired) electrons. The highest BCUT2D eigenvalue weighted by atomic mass is 32.2. The molecule has 214 valence electrons. The third kappa shape index (κ3) is 9.27. The van der Waals surface area contributed by atoms with Gasteiger partial charge in [0.2, 0.25) is 21.8 Å². The molecule has 2 aromatic rings. The molecule has 1 aliphatic carbocycles. The normalized spacial score (nSPS) is 14.8. The van der Waals surface area contributed by atoms with E-state index in [4.69, 9.17) is 4.74 Å². The molecule has 9 heteroatoms. The van der Waals surface area contributed by atoms with Crippen LogP contribution in [0.25, 0.3) is 0 Å². The molecule has 0 heterocycles. The van der Waals surface area contributed by atoms with E-state index in [1.807, 2.05) is 37.3 Å². The number of nitrogens with zero attached hydrogens (tertiary/aromatic N) is 2. The van der Waals surface area contributed by atoms with Gasteiger partial charge in [-0.15, -0.1) is 0 Å². The number of hydrogen-bond donors (Lipinski definition) is 1. The second-order valence-corrected chi connectivity index (χ2v) is 12.1. The molecule has 1 aliphatic rings. The maximum Gasteiger partial charge on any atom is 0.242 e. The average Bonchev–Trinajstić information content (AvgIpc) is 2.92. The first kappa shape index (κ1) is 30.5. The van der Waals surface area contributed by atoms with E-state index in [-0.39, 0.29) is 30.8 Å². The van der Waals surface area contributed by atoms with E-state index < -0.39 is 16.1 Å². The maximum absolute atomic E-state index is 13.5. The van der Waals surface area contributed by atoms with Gasteiger partial charge in [0.1, 0.15) is 11.8 Å². The third-order valence-corrected chi connectivity index (χ3v) is 8.37. The van der Waals surface area contributed by atoms with Gasteiger partial charge in [-0.3, -0.25) is 13.9 Å². The van der Waals surface area contributed by atoms with Crippen LogP contribution in [-0.2, 0) is 26.0 Å². The Kier molecular flexibility index (Phi) is 11.7. The van der Waals surface area contributed by atoms with Crippen molar-refractivity contribution in [1.29, 1.82) is 0 Å². The van der Waals surface area contributed by atoms with E-state index in [0.717, 1.165) is 37.5 Å². The molecule has 1 N–H and O–H groups in total. The first-order valence-electron chi connectivity index (χ1n) is 14.0. The molecule has 0 aliphatic heterocycles. The summed E-state index contributed by atoms with van der Waals surface area (Å²) in [5.74, 6) is 0.185. The molecule has 0 saturated heterocycles. The van der Waals surface area contributed by atoms with Crippen molar-refractivity contribution in [3.8, 4) is 5.75 Å². The van der Waals surface area contributed by atoms with Crippen LogP contribution in [0, 0.1) is 0 Å². The summed E-state index contributed by atoms with van der Waals surface area (Å²) in [5.41, 5.74) is 1.54. The Balaban J connectivity index is 1.70. The quantitative estimate of drug-likeness (QED) is 0.368. The number of sulfonamides is 1. The van der Waals surface area contributed by atoms with E-state index in [1.165, 1.54) is 10.7 Å². The van der Waals surface area contributed by atoms with Gasteiger partial charge in [0.15, 0.2) is 0 Å². The Morgan fingerprint density at radius 2 is 1.67 bits per heavy atom. The zero-order valence-corrected chi connectivity index (χ0v) is 24.3. The SMILES string of the molecule is CCOc1ccccc1N(CCCC(=O)N(CCc1ccccc1)[C@H](C)C(=O)NC1CCCCC1)S(C)(=O)=O. The molecule has 1 atom stereocenters. The van der Waals surface area contributed by atoms with Crippen molar-refractivity contribution in [3.63, 3.8) is 0 Å². The lowest BCUT2D eigenvalue weighted by atomic mass is 9.95. The fraction of sp³-hybridized carbons (Fsp3) is 0.533.